The molecule has 0 unspecified atom stereocenters. The van der Waals surface area contributed by atoms with E-state index in [4.69, 9.17) is 0 Å². The average Bonchev–Trinajstić information content (AvgIpc) is 2.52. The average molecular weight is 323 g/mol. The van der Waals surface area contributed by atoms with Crippen molar-refractivity contribution in [1.29, 1.82) is 0 Å². The molecule has 5 nitrogen and oxygen atoms in total. The van der Waals surface area contributed by atoms with Crippen molar-refractivity contribution in [3.05, 3.63) is 29.3 Å². The molecular weight excluding hydrogens is 298 g/mol. The summed E-state index contributed by atoms with van der Waals surface area (Å²) >= 11 is 1.73. The Hall–Kier alpha value is -1.69. The Balaban J connectivity index is 2.67. The summed E-state index contributed by atoms with van der Waals surface area (Å²) in [6.45, 7) is 5.97. The van der Waals surface area contributed by atoms with Crippen molar-refractivity contribution < 1.29 is 9.53 Å². The van der Waals surface area contributed by atoms with Crippen molar-refractivity contribution >= 4 is 23.7 Å². The van der Waals surface area contributed by atoms with Gasteiger partial charge in [-0.25, -0.2) is 4.99 Å². The highest BCUT2D eigenvalue weighted by atomic mass is 32.2. The van der Waals surface area contributed by atoms with Crippen LogP contribution in [0.2, 0.25) is 0 Å². The highest BCUT2D eigenvalue weighted by Crippen LogP contribution is 2.22. The molecule has 0 aromatic heterocycles. The van der Waals surface area contributed by atoms with Crippen LogP contribution in [0.15, 0.2) is 28.1 Å². The lowest BCUT2D eigenvalue weighted by Gasteiger charge is -2.12. The van der Waals surface area contributed by atoms with Gasteiger partial charge in [-0.15, -0.1) is 11.8 Å². The molecule has 0 saturated heterocycles. The number of esters is 1. The normalized spacial score (nSPS) is 11.2. The molecule has 2 N–H and O–H groups in total. The van der Waals surface area contributed by atoms with E-state index in [9.17, 15) is 4.79 Å². The first kappa shape index (κ1) is 18.4. The van der Waals surface area contributed by atoms with Gasteiger partial charge in [0.05, 0.1) is 20.1 Å². The van der Waals surface area contributed by atoms with Crippen LogP contribution in [0.3, 0.4) is 0 Å². The predicted octanol–water partition coefficient (Wildman–Crippen LogP) is 2.34. The van der Waals surface area contributed by atoms with Gasteiger partial charge < -0.3 is 15.4 Å². The molecular formula is C16H25N3O2S. The summed E-state index contributed by atoms with van der Waals surface area (Å²) in [7, 11) is 1.39. The monoisotopic (exact) mass is 323 g/mol. The molecule has 0 amide bonds. The Labute approximate surface area is 136 Å². The summed E-state index contributed by atoms with van der Waals surface area (Å²) < 4.78 is 4.62. The second-order valence-corrected chi connectivity index (χ2v) is 5.61. The van der Waals surface area contributed by atoms with E-state index in [2.05, 4.69) is 51.7 Å². The molecule has 0 aliphatic heterocycles. The maximum atomic E-state index is 11.1. The SMILES string of the molecule is CCNC(=NCc1ccc(C)cc1SC)NCCC(=O)OC. The molecule has 6 heteroatoms. The molecule has 0 bridgehead atoms. The zero-order valence-electron chi connectivity index (χ0n) is 13.7. The van der Waals surface area contributed by atoms with E-state index in [0.29, 0.717) is 25.5 Å². The molecule has 122 valence electrons. The van der Waals surface area contributed by atoms with E-state index in [1.807, 2.05) is 6.92 Å². The number of thioether (sulfide) groups is 1. The van der Waals surface area contributed by atoms with Gasteiger partial charge in [0.25, 0.3) is 0 Å². The number of nitrogens with zero attached hydrogens (tertiary/aromatic N) is 1. The van der Waals surface area contributed by atoms with Crippen LogP contribution < -0.4 is 10.6 Å². The Morgan fingerprint density at radius 3 is 2.77 bits per heavy atom. The predicted molar refractivity (Wildman–Crippen MR) is 92.4 cm³/mol. The van der Waals surface area contributed by atoms with Gasteiger partial charge in [-0.1, -0.05) is 12.1 Å². The molecule has 0 aliphatic rings. The Kier molecular flexibility index (Phi) is 8.43. The number of carbonyl (C=O) groups is 1. The van der Waals surface area contributed by atoms with E-state index in [-0.39, 0.29) is 5.97 Å². The lowest BCUT2D eigenvalue weighted by atomic mass is 10.1. The molecule has 1 aromatic carbocycles. The summed E-state index contributed by atoms with van der Waals surface area (Å²) in [5.41, 5.74) is 2.45. The third-order valence-corrected chi connectivity index (χ3v) is 3.86. The summed E-state index contributed by atoms with van der Waals surface area (Å²) in [6, 6.07) is 6.39. The fourth-order valence-electron chi connectivity index (χ4n) is 1.87. The first-order valence-electron chi connectivity index (χ1n) is 7.33. The van der Waals surface area contributed by atoms with E-state index in [1.54, 1.807) is 11.8 Å². The van der Waals surface area contributed by atoms with Crippen LogP contribution in [0.4, 0.5) is 0 Å². The number of rotatable bonds is 7. The quantitative estimate of drug-likeness (QED) is 0.349. The van der Waals surface area contributed by atoms with Crippen molar-refractivity contribution in [1.82, 2.24) is 10.6 Å². The lowest BCUT2D eigenvalue weighted by Crippen LogP contribution is -2.38. The fourth-order valence-corrected chi connectivity index (χ4v) is 2.57. The van der Waals surface area contributed by atoms with Crippen LogP contribution in [0.1, 0.15) is 24.5 Å². The van der Waals surface area contributed by atoms with Crippen molar-refractivity contribution in [2.45, 2.75) is 31.7 Å². The summed E-state index contributed by atoms with van der Waals surface area (Å²) in [6.07, 6.45) is 2.39. The Morgan fingerprint density at radius 1 is 1.36 bits per heavy atom. The molecule has 0 radical (unpaired) electrons. The van der Waals surface area contributed by atoms with Gasteiger partial charge in [0.2, 0.25) is 0 Å². The van der Waals surface area contributed by atoms with Crippen molar-refractivity contribution in [2.24, 2.45) is 4.99 Å². The minimum atomic E-state index is -0.230. The summed E-state index contributed by atoms with van der Waals surface area (Å²) in [5, 5.41) is 6.31. The number of methoxy groups -OCH3 is 1. The minimum absolute atomic E-state index is 0.230. The molecule has 0 atom stereocenters. The van der Waals surface area contributed by atoms with E-state index < -0.39 is 0 Å². The van der Waals surface area contributed by atoms with E-state index in [1.165, 1.54) is 23.1 Å². The van der Waals surface area contributed by atoms with Gasteiger partial charge in [0.15, 0.2) is 5.96 Å². The van der Waals surface area contributed by atoms with Crippen LogP contribution in [0.5, 0.6) is 0 Å². The highest BCUT2D eigenvalue weighted by molar-refractivity contribution is 7.98. The van der Waals surface area contributed by atoms with Crippen molar-refractivity contribution in [3.63, 3.8) is 0 Å². The molecule has 0 heterocycles. The molecule has 0 fully saturated rings. The van der Waals surface area contributed by atoms with Crippen LogP contribution in [-0.2, 0) is 16.1 Å². The van der Waals surface area contributed by atoms with E-state index >= 15 is 0 Å². The van der Waals surface area contributed by atoms with Gasteiger partial charge in [0, 0.05) is 18.0 Å². The zero-order valence-corrected chi connectivity index (χ0v) is 14.5. The van der Waals surface area contributed by atoms with Gasteiger partial charge in [-0.05, 0) is 37.3 Å². The highest BCUT2D eigenvalue weighted by Gasteiger charge is 2.04. The topological polar surface area (TPSA) is 62.7 Å². The second-order valence-electron chi connectivity index (χ2n) is 4.76. The fraction of sp³-hybridized carbons (Fsp3) is 0.500. The molecule has 22 heavy (non-hydrogen) atoms. The number of aliphatic imine (C=N–C) groups is 1. The molecule has 1 aromatic rings. The molecule has 0 spiro atoms. The van der Waals surface area contributed by atoms with Crippen LogP contribution in [0, 0.1) is 6.92 Å². The number of benzene rings is 1. The minimum Gasteiger partial charge on any atom is -0.469 e. The zero-order chi connectivity index (χ0) is 16.4. The first-order valence-corrected chi connectivity index (χ1v) is 8.55. The lowest BCUT2D eigenvalue weighted by molar-refractivity contribution is -0.140. The Bertz CT molecular complexity index is 518. The number of nitrogens with one attached hydrogen (secondary N) is 2. The first-order chi connectivity index (χ1) is 10.6. The maximum Gasteiger partial charge on any atom is 0.307 e. The van der Waals surface area contributed by atoms with Gasteiger partial charge in [-0.2, -0.15) is 0 Å². The third-order valence-electron chi connectivity index (χ3n) is 3.04. The maximum absolute atomic E-state index is 11.1. The summed E-state index contributed by atoms with van der Waals surface area (Å²) in [4.78, 5) is 16.9. The van der Waals surface area contributed by atoms with Crippen molar-refractivity contribution in [3.8, 4) is 0 Å². The van der Waals surface area contributed by atoms with Gasteiger partial charge in [-0.3, -0.25) is 4.79 Å². The molecule has 1 rings (SSSR count). The number of hydrogen-bond donors (Lipinski definition) is 2. The number of ether oxygens (including phenoxy) is 1. The summed E-state index contributed by atoms with van der Waals surface area (Å²) in [5.74, 6) is 0.477. The smallest absolute Gasteiger partial charge is 0.307 e. The van der Waals surface area contributed by atoms with Gasteiger partial charge in [0.1, 0.15) is 0 Å². The van der Waals surface area contributed by atoms with Crippen LogP contribution in [-0.4, -0.2) is 38.4 Å². The number of guanidine groups is 1. The van der Waals surface area contributed by atoms with Crippen LogP contribution >= 0.6 is 11.8 Å². The third kappa shape index (κ3) is 6.39. The largest absolute Gasteiger partial charge is 0.469 e. The molecule has 0 aliphatic carbocycles. The Morgan fingerprint density at radius 2 is 2.14 bits per heavy atom. The van der Waals surface area contributed by atoms with Gasteiger partial charge >= 0.3 is 5.97 Å². The van der Waals surface area contributed by atoms with Crippen molar-refractivity contribution in [2.75, 3.05) is 26.5 Å². The second kappa shape index (κ2) is 10.1. The number of carbonyl (C=O) groups excluding carboxylic acids is 1. The molecule has 0 saturated carbocycles. The standard InChI is InChI=1S/C16H25N3O2S/c1-5-17-16(18-9-8-15(20)21-3)19-11-13-7-6-12(2)10-14(13)22-4/h6-7,10H,5,8-9,11H2,1-4H3,(H2,17,18,19). The number of aryl methyl sites for hydroxylation is 1. The number of hydrogen-bond acceptors (Lipinski definition) is 4. The van der Waals surface area contributed by atoms with Crippen LogP contribution in [0.25, 0.3) is 0 Å². The van der Waals surface area contributed by atoms with E-state index in [0.717, 1.165) is 6.54 Å².